The molecular weight excluding hydrogens is 448 g/mol. The summed E-state index contributed by atoms with van der Waals surface area (Å²) in [7, 11) is -1.96. The molecule has 0 amide bonds. The number of aromatic nitrogens is 1. The van der Waals surface area contributed by atoms with E-state index in [1.807, 2.05) is 12.1 Å². The van der Waals surface area contributed by atoms with E-state index in [0.717, 1.165) is 18.1 Å². The van der Waals surface area contributed by atoms with Crippen molar-refractivity contribution in [2.24, 2.45) is 11.3 Å². The zero-order valence-corrected chi connectivity index (χ0v) is 21.7. The molecule has 1 aliphatic heterocycles. The van der Waals surface area contributed by atoms with Crippen molar-refractivity contribution in [2.45, 2.75) is 40.3 Å². The summed E-state index contributed by atoms with van der Waals surface area (Å²) in [6, 6.07) is 21.1. The van der Waals surface area contributed by atoms with Crippen molar-refractivity contribution in [3.63, 3.8) is 0 Å². The first-order valence-corrected chi connectivity index (χ1v) is 14.0. The Morgan fingerprint density at radius 1 is 1.09 bits per heavy atom. The van der Waals surface area contributed by atoms with Crippen molar-refractivity contribution in [1.82, 2.24) is 4.98 Å². The molecule has 2 aromatic carbocycles. The summed E-state index contributed by atoms with van der Waals surface area (Å²) in [6.45, 7) is 9.85. The molecule has 3 aromatic rings. The molecule has 0 aliphatic carbocycles. The molecule has 1 saturated heterocycles. The number of benzene rings is 2. The van der Waals surface area contributed by atoms with Gasteiger partial charge in [0.05, 0.1) is 6.61 Å². The third-order valence-corrected chi connectivity index (χ3v) is 9.56. The van der Waals surface area contributed by atoms with Gasteiger partial charge >= 0.3 is 5.97 Å². The third kappa shape index (κ3) is 5.37. The average Bonchev–Trinajstić information content (AvgIpc) is 3.46. The van der Waals surface area contributed by atoms with Gasteiger partial charge in [0.1, 0.15) is 6.23 Å². The second-order valence-electron chi connectivity index (χ2n) is 9.42. The molecule has 1 aromatic heterocycles. The first kappa shape index (κ1) is 23.7. The SMILES string of the molecule is CCOC(=O)c1csc(N2CC[C@@H](C(C)(C)C)C2O[SiH](c2ccccc2)c2ccccc2)n1. The van der Waals surface area contributed by atoms with E-state index in [0.29, 0.717) is 18.2 Å². The molecule has 0 saturated carbocycles. The van der Waals surface area contributed by atoms with Gasteiger partial charge in [-0.1, -0.05) is 81.4 Å². The minimum atomic E-state index is -1.96. The fourth-order valence-corrected chi connectivity index (χ4v) is 7.74. The van der Waals surface area contributed by atoms with Crippen LogP contribution in [-0.4, -0.2) is 39.4 Å². The first-order valence-electron chi connectivity index (χ1n) is 11.5. The fourth-order valence-electron chi connectivity index (χ4n) is 4.44. The lowest BCUT2D eigenvalue weighted by Gasteiger charge is -2.37. The van der Waals surface area contributed by atoms with Crippen LogP contribution < -0.4 is 15.3 Å². The normalized spacial score (nSPS) is 18.6. The summed E-state index contributed by atoms with van der Waals surface area (Å²) in [5.74, 6) is -0.0280. The van der Waals surface area contributed by atoms with Gasteiger partial charge in [0, 0.05) is 17.8 Å². The predicted octanol–water partition coefficient (Wildman–Crippen LogP) is 4.07. The van der Waals surface area contributed by atoms with Gasteiger partial charge in [0.2, 0.25) is 9.04 Å². The standard InChI is InChI=1S/C26H32N2O3SSi/c1-5-30-24(29)22-18-32-25(27-22)28-17-16-21(26(2,3)4)23(28)31-33(19-12-8-6-9-13-19)20-14-10-7-11-15-20/h6-15,18,21,23,33H,5,16-17H2,1-4H3/t21-,23?/m1/s1. The van der Waals surface area contributed by atoms with E-state index in [1.54, 1.807) is 12.3 Å². The van der Waals surface area contributed by atoms with Gasteiger partial charge in [-0.15, -0.1) is 11.3 Å². The summed E-state index contributed by atoms with van der Waals surface area (Å²) in [5, 5.41) is 5.13. The molecule has 0 radical (unpaired) electrons. The molecular formula is C26H32N2O3SSi. The van der Waals surface area contributed by atoms with E-state index in [-0.39, 0.29) is 17.6 Å². The van der Waals surface area contributed by atoms with Crippen LogP contribution in [0.15, 0.2) is 66.0 Å². The highest BCUT2D eigenvalue weighted by Crippen LogP contribution is 2.42. The van der Waals surface area contributed by atoms with E-state index in [1.165, 1.54) is 21.7 Å². The highest BCUT2D eigenvalue weighted by molar-refractivity contribution is 7.14. The number of rotatable bonds is 7. The molecule has 0 bridgehead atoms. The number of nitrogens with zero attached hydrogens (tertiary/aromatic N) is 2. The van der Waals surface area contributed by atoms with Gasteiger partial charge in [0.15, 0.2) is 10.8 Å². The lowest BCUT2D eigenvalue weighted by atomic mass is 9.79. The van der Waals surface area contributed by atoms with Crippen LogP contribution in [0.1, 0.15) is 44.6 Å². The fraction of sp³-hybridized carbons (Fsp3) is 0.385. The molecule has 5 nitrogen and oxygen atoms in total. The number of thiazole rings is 1. The maximum absolute atomic E-state index is 12.2. The molecule has 7 heteroatoms. The molecule has 1 aliphatic rings. The van der Waals surface area contributed by atoms with Crippen LogP contribution in [0, 0.1) is 11.3 Å². The minimum absolute atomic E-state index is 0.0764. The minimum Gasteiger partial charge on any atom is -0.461 e. The van der Waals surface area contributed by atoms with Crippen molar-refractivity contribution in [3.8, 4) is 0 Å². The monoisotopic (exact) mass is 480 g/mol. The summed E-state index contributed by atoms with van der Waals surface area (Å²) in [4.78, 5) is 19.1. The number of hydrogen-bond donors (Lipinski definition) is 0. The van der Waals surface area contributed by atoms with Gasteiger partial charge in [0.25, 0.3) is 0 Å². The summed E-state index contributed by atoms with van der Waals surface area (Å²) < 4.78 is 12.3. The Morgan fingerprint density at radius 3 is 2.24 bits per heavy atom. The number of esters is 1. The number of carbonyl (C=O) groups is 1. The van der Waals surface area contributed by atoms with E-state index in [2.05, 4.69) is 79.2 Å². The molecule has 2 atom stereocenters. The average molecular weight is 481 g/mol. The molecule has 1 fully saturated rings. The number of anilines is 1. The van der Waals surface area contributed by atoms with Gasteiger partial charge in [-0.25, -0.2) is 9.78 Å². The van der Waals surface area contributed by atoms with E-state index < -0.39 is 9.04 Å². The molecule has 0 spiro atoms. The molecule has 33 heavy (non-hydrogen) atoms. The van der Waals surface area contributed by atoms with Crippen LogP contribution >= 0.6 is 11.3 Å². The molecule has 4 rings (SSSR count). The molecule has 2 heterocycles. The highest BCUT2D eigenvalue weighted by atomic mass is 32.1. The van der Waals surface area contributed by atoms with Crippen molar-refractivity contribution in [2.75, 3.05) is 18.1 Å². The second-order valence-corrected chi connectivity index (χ2v) is 12.6. The van der Waals surface area contributed by atoms with Crippen LogP contribution in [0.5, 0.6) is 0 Å². The van der Waals surface area contributed by atoms with Gasteiger partial charge in [-0.05, 0) is 29.1 Å². The molecule has 1 unspecified atom stereocenters. The number of carbonyl (C=O) groups excluding carboxylic acids is 1. The van der Waals surface area contributed by atoms with Crippen LogP contribution in [-0.2, 0) is 9.16 Å². The van der Waals surface area contributed by atoms with Crippen LogP contribution in [0.2, 0.25) is 0 Å². The maximum atomic E-state index is 12.2. The first-order chi connectivity index (χ1) is 15.9. The summed E-state index contributed by atoms with van der Waals surface area (Å²) in [6.07, 6.45) is 0.913. The zero-order chi connectivity index (χ0) is 23.4. The predicted molar refractivity (Wildman–Crippen MR) is 137 cm³/mol. The molecule has 0 N–H and O–H groups in total. The van der Waals surface area contributed by atoms with Gasteiger partial charge in [-0.2, -0.15) is 0 Å². The van der Waals surface area contributed by atoms with Gasteiger partial charge in [-0.3, -0.25) is 0 Å². The second kappa shape index (κ2) is 10.2. The number of hydrogen-bond acceptors (Lipinski definition) is 6. The van der Waals surface area contributed by atoms with Gasteiger partial charge < -0.3 is 14.1 Å². The topological polar surface area (TPSA) is 51.7 Å². The lowest BCUT2D eigenvalue weighted by Crippen LogP contribution is -2.52. The quantitative estimate of drug-likeness (QED) is 0.377. The lowest BCUT2D eigenvalue weighted by molar-refractivity contribution is 0.0520. The Morgan fingerprint density at radius 2 is 1.70 bits per heavy atom. The Bertz CT molecular complexity index is 1010. The van der Waals surface area contributed by atoms with E-state index in [4.69, 9.17) is 9.16 Å². The number of ether oxygens (including phenoxy) is 1. The van der Waals surface area contributed by atoms with Crippen LogP contribution in [0.4, 0.5) is 5.13 Å². The summed E-state index contributed by atoms with van der Waals surface area (Å²) in [5.41, 5.74) is 0.446. The van der Waals surface area contributed by atoms with Crippen molar-refractivity contribution >= 4 is 41.9 Å². The largest absolute Gasteiger partial charge is 0.461 e. The molecule has 174 valence electrons. The Balaban J connectivity index is 1.69. The van der Waals surface area contributed by atoms with Crippen molar-refractivity contribution in [1.29, 1.82) is 0 Å². The maximum Gasteiger partial charge on any atom is 0.357 e. The Hall–Kier alpha value is -2.48. The van der Waals surface area contributed by atoms with E-state index in [9.17, 15) is 4.79 Å². The smallest absolute Gasteiger partial charge is 0.357 e. The zero-order valence-electron chi connectivity index (χ0n) is 19.7. The van der Waals surface area contributed by atoms with Crippen molar-refractivity contribution in [3.05, 3.63) is 71.7 Å². The highest BCUT2D eigenvalue weighted by Gasteiger charge is 2.44. The van der Waals surface area contributed by atoms with E-state index >= 15 is 0 Å². The Labute approximate surface area is 202 Å². The van der Waals surface area contributed by atoms with Crippen LogP contribution in [0.3, 0.4) is 0 Å². The third-order valence-electron chi connectivity index (χ3n) is 6.15. The Kier molecular flexibility index (Phi) is 7.31. The van der Waals surface area contributed by atoms with Crippen molar-refractivity contribution < 1.29 is 14.0 Å². The summed E-state index contributed by atoms with van der Waals surface area (Å²) >= 11 is 1.49. The van der Waals surface area contributed by atoms with Crippen LogP contribution in [0.25, 0.3) is 0 Å².